The maximum atomic E-state index is 6.02. The van der Waals surface area contributed by atoms with Crippen LogP contribution in [0.2, 0.25) is 0 Å². The lowest BCUT2D eigenvalue weighted by Gasteiger charge is -2.34. The zero-order chi connectivity index (χ0) is 21.2. The van der Waals surface area contributed by atoms with Crippen molar-refractivity contribution in [2.45, 2.75) is 32.9 Å². The fourth-order valence-electron chi connectivity index (χ4n) is 3.58. The van der Waals surface area contributed by atoms with Gasteiger partial charge in [-0.15, -0.1) is 0 Å². The van der Waals surface area contributed by atoms with E-state index in [0.29, 0.717) is 5.96 Å². The Morgan fingerprint density at radius 3 is 2.33 bits per heavy atom. The van der Waals surface area contributed by atoms with Gasteiger partial charge in [0.25, 0.3) is 0 Å². The Balaban J connectivity index is 1.31. The van der Waals surface area contributed by atoms with Crippen LogP contribution < -0.4 is 15.8 Å². The van der Waals surface area contributed by atoms with E-state index in [1.165, 1.54) is 5.56 Å². The van der Waals surface area contributed by atoms with Crippen LogP contribution >= 0.6 is 0 Å². The van der Waals surface area contributed by atoms with E-state index >= 15 is 0 Å². The van der Waals surface area contributed by atoms with Gasteiger partial charge in [-0.05, 0) is 50.1 Å². The molecule has 1 aliphatic heterocycles. The van der Waals surface area contributed by atoms with Crippen LogP contribution in [0, 0.1) is 0 Å². The minimum absolute atomic E-state index is 0.169. The third kappa shape index (κ3) is 7.69. The maximum Gasteiger partial charge on any atom is 0.193 e. The van der Waals surface area contributed by atoms with Crippen LogP contribution in [0.4, 0.5) is 5.69 Å². The monoisotopic (exact) mass is 409 g/mol. The quantitative estimate of drug-likeness (QED) is 0.377. The van der Waals surface area contributed by atoms with Crippen LogP contribution in [-0.4, -0.2) is 61.1 Å². The van der Waals surface area contributed by atoms with Crippen molar-refractivity contribution in [1.29, 1.82) is 0 Å². The van der Waals surface area contributed by atoms with Crippen molar-refractivity contribution in [1.82, 2.24) is 9.80 Å². The molecule has 1 saturated heterocycles. The van der Waals surface area contributed by atoms with Gasteiger partial charge in [0.1, 0.15) is 5.75 Å². The summed E-state index contributed by atoms with van der Waals surface area (Å²) in [5.41, 5.74) is 8.33. The molecule has 3 rings (SSSR count). The van der Waals surface area contributed by atoms with Gasteiger partial charge in [0, 0.05) is 51.5 Å². The molecule has 0 aromatic heterocycles. The fourth-order valence-corrected chi connectivity index (χ4v) is 3.58. The first-order valence-corrected chi connectivity index (χ1v) is 10.9. The summed E-state index contributed by atoms with van der Waals surface area (Å²) in [6.07, 6.45) is 1.18. The second-order valence-electron chi connectivity index (χ2n) is 8.04. The number of hydrogen-bond donors (Lipinski definition) is 2. The number of ether oxygens (including phenoxy) is 1. The van der Waals surface area contributed by atoms with Crippen molar-refractivity contribution >= 4 is 11.6 Å². The summed E-state index contributed by atoms with van der Waals surface area (Å²) in [5, 5.41) is 3.14. The van der Waals surface area contributed by atoms with Gasteiger partial charge < -0.3 is 20.7 Å². The van der Waals surface area contributed by atoms with Gasteiger partial charge in [0.05, 0.1) is 6.10 Å². The van der Waals surface area contributed by atoms with Crippen LogP contribution in [0.3, 0.4) is 0 Å². The number of nitrogens with zero attached hydrogens (tertiary/aromatic N) is 3. The molecule has 162 valence electrons. The van der Waals surface area contributed by atoms with Crippen LogP contribution in [0.1, 0.15) is 25.8 Å². The highest BCUT2D eigenvalue weighted by Gasteiger charge is 2.16. The molecule has 1 heterocycles. The second kappa shape index (κ2) is 11.6. The average Bonchev–Trinajstić information content (AvgIpc) is 2.74. The maximum absolute atomic E-state index is 6.02. The lowest BCUT2D eigenvalue weighted by atomic mass is 10.2. The minimum Gasteiger partial charge on any atom is -0.491 e. The van der Waals surface area contributed by atoms with Crippen molar-refractivity contribution < 1.29 is 4.74 Å². The number of anilines is 1. The third-order valence-corrected chi connectivity index (χ3v) is 5.13. The summed E-state index contributed by atoms with van der Waals surface area (Å²) in [7, 11) is 0. The van der Waals surface area contributed by atoms with Crippen LogP contribution in [0.5, 0.6) is 5.75 Å². The Bertz CT molecular complexity index is 768. The molecule has 6 nitrogen and oxygen atoms in total. The molecule has 0 amide bonds. The molecule has 0 bridgehead atoms. The molecule has 0 atom stereocenters. The smallest absolute Gasteiger partial charge is 0.193 e. The average molecular weight is 410 g/mol. The molecule has 1 fully saturated rings. The zero-order valence-corrected chi connectivity index (χ0v) is 18.3. The van der Waals surface area contributed by atoms with Gasteiger partial charge in [-0.1, -0.05) is 30.3 Å². The van der Waals surface area contributed by atoms with E-state index < -0.39 is 0 Å². The molecule has 3 N–H and O–H groups in total. The molecule has 0 aliphatic carbocycles. The number of rotatable bonds is 9. The molecule has 2 aromatic rings. The molecule has 6 heteroatoms. The first-order chi connectivity index (χ1) is 14.6. The van der Waals surface area contributed by atoms with Gasteiger partial charge in [-0.2, -0.15) is 0 Å². The zero-order valence-electron chi connectivity index (χ0n) is 18.3. The Morgan fingerprint density at radius 1 is 1.00 bits per heavy atom. The number of aliphatic imine (C=N–C) groups is 1. The standard InChI is InChI=1S/C24H35N5O/c1-20(2)30-23-11-9-22(10-12-23)27-24(25)26-13-6-14-28-15-17-29(18-16-28)19-21-7-4-3-5-8-21/h3-5,7-12,20H,6,13-19H2,1-2H3,(H3,25,26,27). The van der Waals surface area contributed by atoms with Gasteiger partial charge in [0.15, 0.2) is 5.96 Å². The van der Waals surface area contributed by atoms with Gasteiger partial charge in [0.2, 0.25) is 0 Å². The van der Waals surface area contributed by atoms with Gasteiger partial charge >= 0.3 is 0 Å². The van der Waals surface area contributed by atoms with Crippen molar-refractivity contribution in [3.63, 3.8) is 0 Å². The number of guanidine groups is 1. The fraction of sp³-hybridized carbons (Fsp3) is 0.458. The predicted molar refractivity (Wildman–Crippen MR) is 125 cm³/mol. The SMILES string of the molecule is CC(C)Oc1ccc(NC(N)=NCCCN2CCN(Cc3ccccc3)CC2)cc1. The summed E-state index contributed by atoms with van der Waals surface area (Å²) < 4.78 is 5.65. The van der Waals surface area contributed by atoms with Gasteiger partial charge in [-0.25, -0.2) is 0 Å². The summed E-state index contributed by atoms with van der Waals surface area (Å²) in [5.74, 6) is 1.31. The molecule has 0 spiro atoms. The second-order valence-corrected chi connectivity index (χ2v) is 8.04. The Hall–Kier alpha value is -2.57. The molecular weight excluding hydrogens is 374 g/mol. The summed E-state index contributed by atoms with van der Waals surface area (Å²) in [6, 6.07) is 18.5. The molecule has 0 saturated carbocycles. The van der Waals surface area contributed by atoms with Crippen LogP contribution in [0.25, 0.3) is 0 Å². The highest BCUT2D eigenvalue weighted by molar-refractivity contribution is 5.92. The highest BCUT2D eigenvalue weighted by atomic mass is 16.5. The largest absolute Gasteiger partial charge is 0.491 e. The van der Waals surface area contributed by atoms with E-state index in [0.717, 1.165) is 63.7 Å². The molecule has 30 heavy (non-hydrogen) atoms. The van der Waals surface area contributed by atoms with Crippen molar-refractivity contribution in [2.24, 2.45) is 10.7 Å². The first-order valence-electron chi connectivity index (χ1n) is 10.9. The van der Waals surface area contributed by atoms with E-state index in [-0.39, 0.29) is 6.10 Å². The summed E-state index contributed by atoms with van der Waals surface area (Å²) in [4.78, 5) is 9.51. The van der Waals surface area contributed by atoms with E-state index in [9.17, 15) is 0 Å². The van der Waals surface area contributed by atoms with Crippen LogP contribution in [0.15, 0.2) is 59.6 Å². The molecule has 0 unspecified atom stereocenters. The van der Waals surface area contributed by atoms with Crippen molar-refractivity contribution in [2.75, 3.05) is 44.6 Å². The van der Waals surface area contributed by atoms with E-state index in [2.05, 4.69) is 50.4 Å². The number of piperazine rings is 1. The molecule has 1 aliphatic rings. The molecule has 0 radical (unpaired) electrons. The Morgan fingerprint density at radius 2 is 1.67 bits per heavy atom. The first kappa shape index (κ1) is 22.1. The number of benzene rings is 2. The summed E-state index contributed by atoms with van der Waals surface area (Å²) in [6.45, 7) is 11.4. The number of hydrogen-bond acceptors (Lipinski definition) is 4. The Kier molecular flexibility index (Phi) is 8.53. The third-order valence-electron chi connectivity index (χ3n) is 5.13. The van der Waals surface area contributed by atoms with E-state index in [1.54, 1.807) is 0 Å². The highest BCUT2D eigenvalue weighted by Crippen LogP contribution is 2.16. The van der Waals surface area contributed by atoms with Crippen molar-refractivity contribution in [3.8, 4) is 5.75 Å². The minimum atomic E-state index is 0.169. The Labute approximate surface area is 180 Å². The lowest BCUT2D eigenvalue weighted by molar-refractivity contribution is 0.127. The topological polar surface area (TPSA) is 66.1 Å². The van der Waals surface area contributed by atoms with Crippen molar-refractivity contribution in [3.05, 3.63) is 60.2 Å². The number of nitrogens with one attached hydrogen (secondary N) is 1. The van der Waals surface area contributed by atoms with Gasteiger partial charge in [-0.3, -0.25) is 9.89 Å². The summed E-state index contributed by atoms with van der Waals surface area (Å²) >= 11 is 0. The number of nitrogens with two attached hydrogens (primary N) is 1. The lowest BCUT2D eigenvalue weighted by Crippen LogP contribution is -2.46. The van der Waals surface area contributed by atoms with Crippen LogP contribution in [-0.2, 0) is 6.54 Å². The molecular formula is C24H35N5O. The molecule has 2 aromatic carbocycles. The normalized spacial score (nSPS) is 16.0. The predicted octanol–water partition coefficient (Wildman–Crippen LogP) is 3.41. The van der Waals surface area contributed by atoms with E-state index in [4.69, 9.17) is 10.5 Å². The van der Waals surface area contributed by atoms with E-state index in [1.807, 2.05) is 38.1 Å².